The molecule has 0 saturated carbocycles. The van der Waals surface area contributed by atoms with Crippen molar-refractivity contribution in [2.75, 3.05) is 6.54 Å². The number of halogens is 5. The third kappa shape index (κ3) is 4.49. The van der Waals surface area contributed by atoms with Crippen molar-refractivity contribution in [3.63, 3.8) is 0 Å². The van der Waals surface area contributed by atoms with Crippen molar-refractivity contribution in [1.82, 2.24) is 0 Å². The summed E-state index contributed by atoms with van der Waals surface area (Å²) in [5, 5.41) is 0. The minimum Gasteiger partial charge on any atom is -0.325 e. The first-order valence-corrected chi connectivity index (χ1v) is 2.41. The van der Waals surface area contributed by atoms with Crippen molar-refractivity contribution in [1.29, 1.82) is 0 Å². The van der Waals surface area contributed by atoms with Crippen molar-refractivity contribution in [2.45, 2.75) is 18.5 Å². The fourth-order valence-corrected chi connectivity index (χ4v) is 0.365. The second-order valence-electron chi connectivity index (χ2n) is 1.85. The predicted octanol–water partition coefficient (Wildman–Crippen LogP) is 1.53. The topological polar surface area (TPSA) is 26.0 Å². The van der Waals surface area contributed by atoms with Crippen LogP contribution < -0.4 is 5.73 Å². The van der Waals surface area contributed by atoms with Crippen LogP contribution >= 0.6 is 0 Å². The molecule has 0 aliphatic carbocycles. The maximum atomic E-state index is 11.8. The molecule has 0 aromatic rings. The number of alkyl halides is 5. The summed E-state index contributed by atoms with van der Waals surface area (Å²) in [5.41, 5.74) is 4.36. The van der Waals surface area contributed by atoms with Crippen LogP contribution in [0.2, 0.25) is 0 Å². The van der Waals surface area contributed by atoms with E-state index in [-0.39, 0.29) is 0 Å². The van der Waals surface area contributed by atoms with Crippen molar-refractivity contribution < 1.29 is 22.0 Å². The summed E-state index contributed by atoms with van der Waals surface area (Å²) >= 11 is 0. The largest absolute Gasteiger partial charge is 0.394 e. The van der Waals surface area contributed by atoms with Crippen LogP contribution in [0.15, 0.2) is 0 Å². The van der Waals surface area contributed by atoms with Gasteiger partial charge in [0.25, 0.3) is 5.92 Å². The SMILES string of the molecule is NCC(F)(F)CC(F)(F)F. The molecule has 0 unspecified atom stereocenters. The average Bonchev–Trinajstić information content (AvgIpc) is 1.60. The minimum atomic E-state index is -4.84. The first-order valence-electron chi connectivity index (χ1n) is 2.41. The highest BCUT2D eigenvalue weighted by molar-refractivity contribution is 4.70. The zero-order valence-corrected chi connectivity index (χ0v) is 4.88. The summed E-state index contributed by atoms with van der Waals surface area (Å²) in [5.74, 6) is -3.82. The van der Waals surface area contributed by atoms with Gasteiger partial charge in [0.15, 0.2) is 0 Å². The van der Waals surface area contributed by atoms with E-state index in [0.29, 0.717) is 0 Å². The molecule has 0 bridgehead atoms. The number of hydrogen-bond acceptors (Lipinski definition) is 1. The van der Waals surface area contributed by atoms with Gasteiger partial charge < -0.3 is 5.73 Å². The van der Waals surface area contributed by atoms with Gasteiger partial charge in [0.05, 0.1) is 6.54 Å². The van der Waals surface area contributed by atoms with Crippen LogP contribution in [0.25, 0.3) is 0 Å². The third-order valence-electron chi connectivity index (χ3n) is 0.758. The van der Waals surface area contributed by atoms with Gasteiger partial charge in [-0.05, 0) is 0 Å². The van der Waals surface area contributed by atoms with Gasteiger partial charge in [-0.15, -0.1) is 0 Å². The molecule has 0 radical (unpaired) electrons. The number of hydrogen-bond donors (Lipinski definition) is 1. The maximum absolute atomic E-state index is 11.8. The predicted molar refractivity (Wildman–Crippen MR) is 24.7 cm³/mol. The molecule has 0 fully saturated rings. The molecule has 0 atom stereocenters. The fraction of sp³-hybridized carbons (Fsp3) is 1.00. The zero-order valence-electron chi connectivity index (χ0n) is 4.88. The fourth-order valence-electron chi connectivity index (χ4n) is 0.365. The van der Waals surface area contributed by atoms with E-state index in [1.165, 1.54) is 0 Å². The Labute approximate surface area is 54.0 Å². The quantitative estimate of drug-likeness (QED) is 0.614. The van der Waals surface area contributed by atoms with Gasteiger partial charge in [0, 0.05) is 0 Å². The summed E-state index contributed by atoms with van der Waals surface area (Å²) in [6.45, 7) is -1.27. The van der Waals surface area contributed by atoms with Crippen LogP contribution in [0, 0.1) is 0 Å². The lowest BCUT2D eigenvalue weighted by Gasteiger charge is -2.15. The molecule has 62 valence electrons. The summed E-state index contributed by atoms with van der Waals surface area (Å²) in [7, 11) is 0. The van der Waals surface area contributed by atoms with E-state index in [1.807, 2.05) is 0 Å². The Hall–Kier alpha value is -0.390. The molecule has 0 amide bonds. The molecule has 1 nitrogen and oxygen atoms in total. The first kappa shape index (κ1) is 9.61. The number of rotatable bonds is 2. The van der Waals surface area contributed by atoms with E-state index in [0.717, 1.165) is 0 Å². The van der Waals surface area contributed by atoms with Crippen LogP contribution in [-0.4, -0.2) is 18.6 Å². The summed E-state index contributed by atoms with van der Waals surface area (Å²) < 4.78 is 57.2. The van der Waals surface area contributed by atoms with Crippen LogP contribution in [0.5, 0.6) is 0 Å². The summed E-state index contributed by atoms with van der Waals surface area (Å²) in [6.07, 6.45) is -6.99. The highest BCUT2D eigenvalue weighted by Crippen LogP contribution is 2.30. The lowest BCUT2D eigenvalue weighted by atomic mass is 10.2. The molecular formula is C4H6F5N. The Kier molecular flexibility index (Phi) is 2.59. The highest BCUT2D eigenvalue weighted by atomic mass is 19.4. The van der Waals surface area contributed by atoms with Crippen LogP contribution in [0.1, 0.15) is 6.42 Å². The van der Waals surface area contributed by atoms with Gasteiger partial charge >= 0.3 is 6.18 Å². The van der Waals surface area contributed by atoms with Gasteiger partial charge in [0.2, 0.25) is 0 Å². The van der Waals surface area contributed by atoms with Crippen molar-refractivity contribution in [3.8, 4) is 0 Å². The van der Waals surface area contributed by atoms with Crippen LogP contribution in [0.4, 0.5) is 22.0 Å². The second kappa shape index (κ2) is 2.69. The number of nitrogens with two attached hydrogens (primary N) is 1. The molecular weight excluding hydrogens is 157 g/mol. The normalized spacial score (nSPS) is 13.8. The monoisotopic (exact) mass is 163 g/mol. The van der Waals surface area contributed by atoms with Crippen molar-refractivity contribution >= 4 is 0 Å². The average molecular weight is 163 g/mol. The Balaban J connectivity index is 3.89. The molecule has 0 aliphatic heterocycles. The third-order valence-corrected chi connectivity index (χ3v) is 0.758. The zero-order chi connectivity index (χ0) is 8.41. The van der Waals surface area contributed by atoms with E-state index in [1.54, 1.807) is 0 Å². The Bertz CT molecular complexity index is 107. The van der Waals surface area contributed by atoms with E-state index >= 15 is 0 Å². The summed E-state index contributed by atoms with van der Waals surface area (Å²) in [4.78, 5) is 0. The maximum Gasteiger partial charge on any atom is 0.394 e. The Morgan fingerprint density at radius 2 is 1.40 bits per heavy atom. The summed E-state index contributed by atoms with van der Waals surface area (Å²) in [6, 6.07) is 0. The molecule has 6 heteroatoms. The molecule has 10 heavy (non-hydrogen) atoms. The molecule has 0 rings (SSSR count). The van der Waals surface area contributed by atoms with E-state index in [9.17, 15) is 22.0 Å². The Morgan fingerprint density at radius 1 is 1.00 bits per heavy atom. The standard InChI is InChI=1S/C4H6F5N/c5-3(6,2-10)1-4(7,8)9/h1-2,10H2. The highest BCUT2D eigenvalue weighted by Gasteiger charge is 2.42. The smallest absolute Gasteiger partial charge is 0.325 e. The lowest BCUT2D eigenvalue weighted by Crippen LogP contribution is -2.33. The molecule has 0 aliphatic rings. The van der Waals surface area contributed by atoms with Gasteiger partial charge in [-0.1, -0.05) is 0 Å². The lowest BCUT2D eigenvalue weighted by molar-refractivity contribution is -0.184. The first-order chi connectivity index (χ1) is 4.27. The second-order valence-corrected chi connectivity index (χ2v) is 1.85. The van der Waals surface area contributed by atoms with Crippen molar-refractivity contribution in [2.24, 2.45) is 5.73 Å². The van der Waals surface area contributed by atoms with Crippen LogP contribution in [0.3, 0.4) is 0 Å². The van der Waals surface area contributed by atoms with E-state index in [4.69, 9.17) is 0 Å². The van der Waals surface area contributed by atoms with Gasteiger partial charge in [0.1, 0.15) is 6.42 Å². The Morgan fingerprint density at radius 3 is 1.50 bits per heavy atom. The minimum absolute atomic E-state index is 1.27. The van der Waals surface area contributed by atoms with E-state index < -0.39 is 25.1 Å². The molecule has 0 aromatic heterocycles. The van der Waals surface area contributed by atoms with Gasteiger partial charge in [-0.2, -0.15) is 13.2 Å². The van der Waals surface area contributed by atoms with Crippen molar-refractivity contribution in [3.05, 3.63) is 0 Å². The van der Waals surface area contributed by atoms with E-state index in [2.05, 4.69) is 5.73 Å². The molecule has 0 aromatic carbocycles. The molecule has 0 heterocycles. The molecule has 0 spiro atoms. The molecule has 2 N–H and O–H groups in total. The van der Waals surface area contributed by atoms with Crippen LogP contribution in [-0.2, 0) is 0 Å². The van der Waals surface area contributed by atoms with Gasteiger partial charge in [-0.25, -0.2) is 8.78 Å². The molecule has 0 saturated heterocycles. The van der Waals surface area contributed by atoms with Gasteiger partial charge in [-0.3, -0.25) is 0 Å².